The number of aryl methyl sites for hydroxylation is 1. The Morgan fingerprint density at radius 2 is 2.33 bits per heavy atom. The van der Waals surface area contributed by atoms with E-state index in [0.717, 1.165) is 6.54 Å². The third-order valence-electron chi connectivity index (χ3n) is 2.41. The number of carbonyl (C=O) groups excluding carboxylic acids is 1. The zero-order chi connectivity index (χ0) is 13.1. The first-order valence-corrected chi connectivity index (χ1v) is 6.25. The lowest BCUT2D eigenvalue weighted by Crippen LogP contribution is -2.12. The van der Waals surface area contributed by atoms with Crippen molar-refractivity contribution < 1.29 is 4.79 Å². The third-order valence-corrected chi connectivity index (χ3v) is 3.02. The highest BCUT2D eigenvalue weighted by Gasteiger charge is 2.11. The molecule has 1 aromatic heterocycles. The van der Waals surface area contributed by atoms with Gasteiger partial charge in [0.25, 0.3) is 5.91 Å². The summed E-state index contributed by atoms with van der Waals surface area (Å²) in [5, 5.41) is 7.21. The van der Waals surface area contributed by atoms with Gasteiger partial charge in [-0.05, 0) is 25.1 Å². The summed E-state index contributed by atoms with van der Waals surface area (Å²) in [5.41, 5.74) is 1.04. The first kappa shape index (κ1) is 13.0. The maximum Gasteiger partial charge on any atom is 0.257 e. The smallest absolute Gasteiger partial charge is 0.257 e. The summed E-state index contributed by atoms with van der Waals surface area (Å²) in [6, 6.07) is 5.01. The zero-order valence-corrected chi connectivity index (χ0v) is 11.4. The van der Waals surface area contributed by atoms with E-state index < -0.39 is 0 Å². The van der Waals surface area contributed by atoms with Gasteiger partial charge in [-0.1, -0.05) is 11.6 Å². The van der Waals surface area contributed by atoms with E-state index in [-0.39, 0.29) is 5.91 Å². The maximum absolute atomic E-state index is 12.0. The van der Waals surface area contributed by atoms with Crippen molar-refractivity contribution in [3.63, 3.8) is 0 Å². The third kappa shape index (κ3) is 2.86. The van der Waals surface area contributed by atoms with Gasteiger partial charge in [0.05, 0.1) is 22.5 Å². The van der Waals surface area contributed by atoms with Crippen LogP contribution in [0.4, 0.5) is 5.69 Å². The Balaban J connectivity index is 2.19. The lowest BCUT2D eigenvalue weighted by Gasteiger charge is -2.05. The molecule has 0 saturated heterocycles. The number of aromatic nitrogens is 2. The van der Waals surface area contributed by atoms with Crippen molar-refractivity contribution in [1.29, 1.82) is 0 Å². The van der Waals surface area contributed by atoms with Gasteiger partial charge < -0.3 is 5.32 Å². The van der Waals surface area contributed by atoms with Crippen LogP contribution < -0.4 is 5.32 Å². The maximum atomic E-state index is 12.0. The van der Waals surface area contributed by atoms with Crippen molar-refractivity contribution >= 4 is 35.8 Å². The van der Waals surface area contributed by atoms with E-state index in [1.165, 1.54) is 0 Å². The van der Waals surface area contributed by atoms with Crippen molar-refractivity contribution in [2.24, 2.45) is 0 Å². The second-order valence-electron chi connectivity index (χ2n) is 3.70. The molecule has 6 heteroatoms. The van der Waals surface area contributed by atoms with Crippen molar-refractivity contribution in [3.05, 3.63) is 41.2 Å². The normalized spacial score (nSPS) is 10.4. The van der Waals surface area contributed by atoms with Crippen LogP contribution in [0, 0.1) is 0 Å². The molecule has 4 nitrogen and oxygen atoms in total. The predicted octanol–water partition coefficient (Wildman–Crippen LogP) is 3.10. The molecule has 2 rings (SSSR count). The van der Waals surface area contributed by atoms with Gasteiger partial charge >= 0.3 is 0 Å². The number of nitrogens with one attached hydrogen (secondary N) is 1. The number of amides is 1. The van der Waals surface area contributed by atoms with E-state index in [4.69, 9.17) is 11.6 Å². The number of rotatable bonds is 3. The van der Waals surface area contributed by atoms with Gasteiger partial charge in [0, 0.05) is 17.6 Å². The quantitative estimate of drug-likeness (QED) is 0.849. The molecule has 0 bridgehead atoms. The molecule has 1 amide bonds. The Hall–Kier alpha value is -1.46. The minimum absolute atomic E-state index is 0.272. The van der Waals surface area contributed by atoms with Gasteiger partial charge in [-0.3, -0.25) is 9.48 Å². The number of anilines is 1. The Labute approximate surface area is 115 Å². The number of hydrogen-bond donors (Lipinski definition) is 2. The molecular formula is C12H12ClN3OS. The van der Waals surface area contributed by atoms with Crippen LogP contribution >= 0.6 is 24.2 Å². The minimum Gasteiger partial charge on any atom is -0.319 e. The number of thiol groups is 1. The van der Waals surface area contributed by atoms with Gasteiger partial charge in [-0.25, -0.2) is 0 Å². The molecule has 1 aromatic carbocycles. The van der Waals surface area contributed by atoms with Gasteiger partial charge in [0.15, 0.2) is 0 Å². The Morgan fingerprint density at radius 3 is 3.00 bits per heavy atom. The summed E-state index contributed by atoms with van der Waals surface area (Å²) >= 11 is 10.2. The fourth-order valence-electron chi connectivity index (χ4n) is 1.49. The molecule has 94 valence electrons. The van der Waals surface area contributed by atoms with Crippen molar-refractivity contribution in [2.75, 3.05) is 5.32 Å². The van der Waals surface area contributed by atoms with E-state index in [2.05, 4.69) is 23.0 Å². The highest BCUT2D eigenvalue weighted by atomic mass is 35.5. The largest absolute Gasteiger partial charge is 0.319 e. The molecule has 0 aliphatic carbocycles. The summed E-state index contributed by atoms with van der Waals surface area (Å²) in [5.74, 6) is -0.272. The van der Waals surface area contributed by atoms with E-state index in [9.17, 15) is 4.79 Å². The molecule has 0 aliphatic heterocycles. The second kappa shape index (κ2) is 5.46. The Kier molecular flexibility index (Phi) is 3.93. The lowest BCUT2D eigenvalue weighted by molar-refractivity contribution is 0.102. The van der Waals surface area contributed by atoms with Gasteiger partial charge in [-0.15, -0.1) is 12.6 Å². The van der Waals surface area contributed by atoms with Crippen LogP contribution in [0.1, 0.15) is 17.3 Å². The highest BCUT2D eigenvalue weighted by Crippen LogP contribution is 2.20. The molecule has 0 spiro atoms. The molecule has 0 aliphatic rings. The Morgan fingerprint density at radius 1 is 1.56 bits per heavy atom. The van der Waals surface area contributed by atoms with Crippen molar-refractivity contribution in [1.82, 2.24) is 9.78 Å². The summed E-state index contributed by atoms with van der Waals surface area (Å²) in [6.45, 7) is 2.72. The minimum atomic E-state index is -0.272. The zero-order valence-electron chi connectivity index (χ0n) is 9.72. The molecule has 0 fully saturated rings. The summed E-state index contributed by atoms with van der Waals surface area (Å²) in [7, 11) is 0. The SMILES string of the molecule is CCn1cc(NC(=O)c2cc(S)ccc2Cl)cn1. The van der Waals surface area contributed by atoms with Crippen LogP contribution in [-0.2, 0) is 6.54 Å². The molecule has 1 N–H and O–H groups in total. The average molecular weight is 282 g/mol. The fourth-order valence-corrected chi connectivity index (χ4v) is 1.89. The van der Waals surface area contributed by atoms with E-state index >= 15 is 0 Å². The second-order valence-corrected chi connectivity index (χ2v) is 4.63. The van der Waals surface area contributed by atoms with E-state index in [1.54, 1.807) is 35.3 Å². The van der Waals surface area contributed by atoms with Crippen LogP contribution in [0.3, 0.4) is 0 Å². The first-order valence-electron chi connectivity index (χ1n) is 5.42. The summed E-state index contributed by atoms with van der Waals surface area (Å²) in [6.07, 6.45) is 3.36. The van der Waals surface area contributed by atoms with Crippen LogP contribution in [-0.4, -0.2) is 15.7 Å². The molecule has 18 heavy (non-hydrogen) atoms. The molecule has 0 atom stereocenters. The molecule has 0 unspecified atom stereocenters. The van der Waals surface area contributed by atoms with Gasteiger partial charge in [-0.2, -0.15) is 5.10 Å². The Bertz CT molecular complexity index is 582. The van der Waals surface area contributed by atoms with Crippen molar-refractivity contribution in [3.8, 4) is 0 Å². The summed E-state index contributed by atoms with van der Waals surface area (Å²) < 4.78 is 1.73. The van der Waals surface area contributed by atoms with Crippen LogP contribution in [0.2, 0.25) is 5.02 Å². The molecule has 0 radical (unpaired) electrons. The first-order chi connectivity index (χ1) is 8.60. The number of benzene rings is 1. The predicted molar refractivity (Wildman–Crippen MR) is 74.6 cm³/mol. The number of carbonyl (C=O) groups is 1. The molecular weight excluding hydrogens is 270 g/mol. The van der Waals surface area contributed by atoms with Crippen molar-refractivity contribution in [2.45, 2.75) is 18.4 Å². The highest BCUT2D eigenvalue weighted by molar-refractivity contribution is 7.80. The molecule has 0 saturated carbocycles. The van der Waals surface area contributed by atoms with Crippen LogP contribution in [0.15, 0.2) is 35.5 Å². The average Bonchev–Trinajstić information content (AvgIpc) is 2.80. The van der Waals surface area contributed by atoms with Gasteiger partial charge in [0.2, 0.25) is 0 Å². The van der Waals surface area contributed by atoms with E-state index in [1.807, 2.05) is 6.92 Å². The van der Waals surface area contributed by atoms with Crippen LogP contribution in [0.5, 0.6) is 0 Å². The topological polar surface area (TPSA) is 46.9 Å². The fraction of sp³-hybridized carbons (Fsp3) is 0.167. The van der Waals surface area contributed by atoms with E-state index in [0.29, 0.717) is 21.2 Å². The number of nitrogens with zero attached hydrogens (tertiary/aromatic N) is 2. The summed E-state index contributed by atoms with van der Waals surface area (Å²) in [4.78, 5) is 12.7. The monoisotopic (exact) mass is 281 g/mol. The standard InChI is InChI=1S/C12H12ClN3OS/c1-2-16-7-8(6-14-16)15-12(17)10-5-9(18)3-4-11(10)13/h3-7,18H,2H2,1H3,(H,15,17). The number of halogens is 1. The molecule has 1 heterocycles. The number of hydrogen-bond acceptors (Lipinski definition) is 3. The van der Waals surface area contributed by atoms with Crippen LogP contribution in [0.25, 0.3) is 0 Å². The lowest BCUT2D eigenvalue weighted by atomic mass is 10.2. The van der Waals surface area contributed by atoms with Gasteiger partial charge in [0.1, 0.15) is 0 Å². The molecule has 2 aromatic rings.